The second-order valence-corrected chi connectivity index (χ2v) is 5.88. The molecule has 0 fully saturated rings. The summed E-state index contributed by atoms with van der Waals surface area (Å²) in [6.45, 7) is 4.37. The molecule has 6 heteroatoms. The van der Waals surface area contributed by atoms with Crippen molar-refractivity contribution in [2.75, 3.05) is 13.2 Å². The molecule has 3 rings (SSSR count). The molecule has 4 nitrogen and oxygen atoms in total. The number of rotatable bonds is 2. The second kappa shape index (κ2) is 5.07. The minimum Gasteiger partial charge on any atom is -0.486 e. The minimum absolute atomic E-state index is 0.0230. The van der Waals surface area contributed by atoms with E-state index in [4.69, 9.17) is 21.1 Å². The molecular weight excluding hydrogens is 298 g/mol. The van der Waals surface area contributed by atoms with E-state index in [0.717, 1.165) is 16.3 Å². The lowest BCUT2D eigenvalue weighted by Gasteiger charge is -2.19. The van der Waals surface area contributed by atoms with Gasteiger partial charge in [-0.2, -0.15) is 0 Å². The van der Waals surface area contributed by atoms with E-state index >= 15 is 0 Å². The Bertz CT molecular complexity index is 696. The maximum absolute atomic E-state index is 11.5. The van der Waals surface area contributed by atoms with E-state index in [1.165, 1.54) is 11.3 Å². The van der Waals surface area contributed by atoms with Gasteiger partial charge in [-0.25, -0.2) is 4.98 Å². The van der Waals surface area contributed by atoms with Gasteiger partial charge in [0, 0.05) is 12.5 Å². The van der Waals surface area contributed by atoms with Crippen LogP contribution in [0.15, 0.2) is 12.1 Å². The van der Waals surface area contributed by atoms with Gasteiger partial charge in [-0.15, -0.1) is 11.3 Å². The molecule has 0 amide bonds. The number of aromatic nitrogens is 1. The number of thiazole rings is 1. The van der Waals surface area contributed by atoms with Gasteiger partial charge in [0.15, 0.2) is 17.3 Å². The molecule has 20 heavy (non-hydrogen) atoms. The van der Waals surface area contributed by atoms with Gasteiger partial charge in [0.05, 0.1) is 15.6 Å². The maximum atomic E-state index is 11.5. The third kappa shape index (κ3) is 2.27. The van der Waals surface area contributed by atoms with Crippen molar-refractivity contribution < 1.29 is 14.3 Å². The van der Waals surface area contributed by atoms with Gasteiger partial charge in [-0.1, -0.05) is 11.6 Å². The normalized spacial score (nSPS) is 13.3. The smallest absolute Gasteiger partial charge is 0.179 e. The Hall–Kier alpha value is -1.59. The zero-order valence-electron chi connectivity index (χ0n) is 11.0. The van der Waals surface area contributed by atoms with Crippen LogP contribution < -0.4 is 9.47 Å². The van der Waals surface area contributed by atoms with Crippen molar-refractivity contribution in [2.45, 2.75) is 13.8 Å². The monoisotopic (exact) mass is 309 g/mol. The Balaban J connectivity index is 2.08. The van der Waals surface area contributed by atoms with Crippen molar-refractivity contribution >= 4 is 28.7 Å². The fourth-order valence-corrected chi connectivity index (χ4v) is 3.29. The van der Waals surface area contributed by atoms with Crippen LogP contribution in [0.2, 0.25) is 5.02 Å². The Morgan fingerprint density at radius 1 is 1.35 bits per heavy atom. The fraction of sp³-hybridized carbons (Fsp3) is 0.286. The first kappa shape index (κ1) is 13.4. The highest BCUT2D eigenvalue weighted by Crippen LogP contribution is 2.42. The Kier molecular flexibility index (Phi) is 3.40. The number of benzene rings is 1. The molecule has 0 N–H and O–H groups in total. The predicted octanol–water partition coefficient (Wildman–Crippen LogP) is 3.75. The van der Waals surface area contributed by atoms with Gasteiger partial charge in [-0.3, -0.25) is 4.79 Å². The fourth-order valence-electron chi connectivity index (χ4n) is 2.08. The molecule has 0 saturated heterocycles. The summed E-state index contributed by atoms with van der Waals surface area (Å²) in [5.74, 6) is 1.22. The molecular formula is C14H12ClNO3S. The molecule has 0 unspecified atom stereocenters. The largest absolute Gasteiger partial charge is 0.486 e. The highest BCUT2D eigenvalue weighted by Gasteiger charge is 2.19. The van der Waals surface area contributed by atoms with E-state index < -0.39 is 0 Å². The van der Waals surface area contributed by atoms with Crippen molar-refractivity contribution in [3.63, 3.8) is 0 Å². The Morgan fingerprint density at radius 2 is 2.10 bits per heavy atom. The van der Waals surface area contributed by atoms with Crippen molar-refractivity contribution in [3.8, 4) is 22.1 Å². The lowest BCUT2D eigenvalue weighted by Crippen LogP contribution is -2.15. The number of carbonyl (C=O) groups excluding carboxylic acids is 1. The number of carbonyl (C=O) groups is 1. The number of ketones is 1. The van der Waals surface area contributed by atoms with Gasteiger partial charge < -0.3 is 9.47 Å². The molecule has 104 valence electrons. The van der Waals surface area contributed by atoms with Gasteiger partial charge in [0.25, 0.3) is 0 Å². The third-order valence-corrected chi connectivity index (χ3v) is 4.55. The van der Waals surface area contributed by atoms with Crippen LogP contribution in [0, 0.1) is 6.92 Å². The van der Waals surface area contributed by atoms with Crippen molar-refractivity contribution in [2.24, 2.45) is 0 Å². The summed E-state index contributed by atoms with van der Waals surface area (Å²) in [6.07, 6.45) is 0. The molecule has 0 aliphatic carbocycles. The highest BCUT2D eigenvalue weighted by molar-refractivity contribution is 7.17. The number of hydrogen-bond donors (Lipinski definition) is 0. The summed E-state index contributed by atoms with van der Waals surface area (Å²) in [5, 5.41) is 1.25. The van der Waals surface area contributed by atoms with Crippen LogP contribution in [0.5, 0.6) is 11.5 Å². The number of fused-ring (bicyclic) bond motifs is 1. The third-order valence-electron chi connectivity index (χ3n) is 2.96. The summed E-state index contributed by atoms with van der Waals surface area (Å²) in [6, 6.07) is 3.64. The average molecular weight is 310 g/mol. The van der Waals surface area contributed by atoms with Crippen LogP contribution in [0.1, 0.15) is 22.3 Å². The molecule has 0 bridgehead atoms. The molecule has 1 aliphatic heterocycles. The first-order valence-electron chi connectivity index (χ1n) is 6.14. The quantitative estimate of drug-likeness (QED) is 0.793. The van der Waals surface area contributed by atoms with Crippen molar-refractivity contribution in [1.82, 2.24) is 4.98 Å². The van der Waals surface area contributed by atoms with Crippen LogP contribution >= 0.6 is 22.9 Å². The van der Waals surface area contributed by atoms with Gasteiger partial charge in [0.1, 0.15) is 18.2 Å². The van der Waals surface area contributed by atoms with Crippen LogP contribution in [0.25, 0.3) is 10.6 Å². The SMILES string of the molecule is CC(=O)c1sc(-c2cc(Cl)c3c(c2)OCCO3)nc1C. The van der Waals surface area contributed by atoms with Crippen LogP contribution in [0.3, 0.4) is 0 Å². The van der Waals surface area contributed by atoms with Gasteiger partial charge in [0.2, 0.25) is 0 Å². The number of Topliss-reactive ketones (excluding diaryl/α,β-unsaturated/α-hetero) is 1. The Morgan fingerprint density at radius 3 is 2.80 bits per heavy atom. The van der Waals surface area contributed by atoms with Crippen LogP contribution in [-0.4, -0.2) is 24.0 Å². The standard InChI is InChI=1S/C14H12ClNO3S/c1-7-13(8(2)17)20-14(16-7)9-5-10(15)12-11(6-9)18-3-4-19-12/h5-6H,3-4H2,1-2H3. The second-order valence-electron chi connectivity index (χ2n) is 4.47. The molecule has 0 saturated carbocycles. The van der Waals surface area contributed by atoms with Crippen LogP contribution in [0.4, 0.5) is 0 Å². The van der Waals surface area contributed by atoms with E-state index in [2.05, 4.69) is 4.98 Å². The molecule has 0 atom stereocenters. The molecule has 1 aliphatic rings. The molecule has 0 radical (unpaired) electrons. The molecule has 1 aromatic heterocycles. The first-order chi connectivity index (χ1) is 9.56. The van der Waals surface area contributed by atoms with Gasteiger partial charge in [-0.05, 0) is 19.1 Å². The van der Waals surface area contributed by atoms with E-state index in [0.29, 0.717) is 34.6 Å². The van der Waals surface area contributed by atoms with E-state index in [1.54, 1.807) is 13.0 Å². The zero-order valence-corrected chi connectivity index (χ0v) is 12.6. The maximum Gasteiger partial charge on any atom is 0.179 e. The number of nitrogens with zero attached hydrogens (tertiary/aromatic N) is 1. The van der Waals surface area contributed by atoms with E-state index in [-0.39, 0.29) is 5.78 Å². The summed E-state index contributed by atoms with van der Waals surface area (Å²) in [5.41, 5.74) is 1.57. The summed E-state index contributed by atoms with van der Waals surface area (Å²) in [7, 11) is 0. The average Bonchev–Trinajstić information content (AvgIpc) is 2.81. The van der Waals surface area contributed by atoms with E-state index in [9.17, 15) is 4.79 Å². The van der Waals surface area contributed by atoms with Gasteiger partial charge >= 0.3 is 0 Å². The molecule has 1 aromatic carbocycles. The highest BCUT2D eigenvalue weighted by atomic mass is 35.5. The summed E-state index contributed by atoms with van der Waals surface area (Å²) in [4.78, 5) is 16.6. The molecule has 2 aromatic rings. The molecule has 0 spiro atoms. The van der Waals surface area contributed by atoms with Crippen molar-refractivity contribution in [3.05, 3.63) is 27.7 Å². The predicted molar refractivity (Wildman–Crippen MR) is 78.3 cm³/mol. The lowest BCUT2D eigenvalue weighted by atomic mass is 10.2. The Labute approximate surface area is 125 Å². The zero-order chi connectivity index (χ0) is 14.3. The van der Waals surface area contributed by atoms with Crippen LogP contribution in [-0.2, 0) is 0 Å². The topological polar surface area (TPSA) is 48.4 Å². The number of ether oxygens (including phenoxy) is 2. The number of aryl methyl sites for hydroxylation is 1. The number of hydrogen-bond acceptors (Lipinski definition) is 5. The number of halogens is 1. The molecule has 2 heterocycles. The first-order valence-corrected chi connectivity index (χ1v) is 7.33. The minimum atomic E-state index is 0.0230. The lowest BCUT2D eigenvalue weighted by molar-refractivity contribution is 0.102. The van der Waals surface area contributed by atoms with Crippen molar-refractivity contribution in [1.29, 1.82) is 0 Å². The summed E-state index contributed by atoms with van der Waals surface area (Å²) < 4.78 is 11.0. The van der Waals surface area contributed by atoms with E-state index in [1.807, 2.05) is 13.0 Å². The summed E-state index contributed by atoms with van der Waals surface area (Å²) >= 11 is 7.58.